The van der Waals surface area contributed by atoms with Crippen LogP contribution in [0.1, 0.15) is 23.2 Å². The second-order valence-corrected chi connectivity index (χ2v) is 5.60. The first kappa shape index (κ1) is 11.9. The zero-order valence-electron chi connectivity index (χ0n) is 8.98. The van der Waals surface area contributed by atoms with Crippen LogP contribution < -0.4 is 5.32 Å². The number of carbonyl (C=O) groups excluding carboxylic acids is 1. The van der Waals surface area contributed by atoms with E-state index >= 15 is 0 Å². The van der Waals surface area contributed by atoms with Crippen LogP contribution in [0.4, 0.5) is 0 Å². The Balaban J connectivity index is 1.97. The highest BCUT2D eigenvalue weighted by Crippen LogP contribution is 2.17. The third-order valence-corrected chi connectivity index (χ3v) is 4.10. The van der Waals surface area contributed by atoms with Gasteiger partial charge in [0.05, 0.1) is 0 Å². The van der Waals surface area contributed by atoms with Crippen LogP contribution in [0.3, 0.4) is 0 Å². The second-order valence-electron chi connectivity index (χ2n) is 3.94. The molecule has 0 radical (unpaired) electrons. The van der Waals surface area contributed by atoms with Crippen LogP contribution in [0.2, 0.25) is 0 Å². The van der Waals surface area contributed by atoms with Gasteiger partial charge < -0.3 is 5.32 Å². The first-order chi connectivity index (χ1) is 7.75. The summed E-state index contributed by atoms with van der Waals surface area (Å²) in [4.78, 5) is 12.7. The third kappa shape index (κ3) is 3.19. The number of nitrogens with one attached hydrogen (secondary N) is 1. The molecule has 2 rings (SSSR count). The van der Waals surface area contributed by atoms with Crippen molar-refractivity contribution >= 4 is 30.3 Å². The lowest BCUT2D eigenvalue weighted by molar-refractivity contribution is 0.0938. The highest BCUT2D eigenvalue weighted by Gasteiger charge is 2.16. The first-order valence-electron chi connectivity index (χ1n) is 5.43. The van der Waals surface area contributed by atoms with Crippen LogP contribution in [0.5, 0.6) is 0 Å². The molecular formula is C12H15NOS2. The van der Waals surface area contributed by atoms with Crippen molar-refractivity contribution in [3.8, 4) is 0 Å². The van der Waals surface area contributed by atoms with Gasteiger partial charge >= 0.3 is 0 Å². The molecule has 16 heavy (non-hydrogen) atoms. The quantitative estimate of drug-likeness (QED) is 0.793. The molecule has 2 nitrogen and oxygen atoms in total. The molecule has 0 aliphatic carbocycles. The van der Waals surface area contributed by atoms with Gasteiger partial charge in [0.2, 0.25) is 0 Å². The lowest BCUT2D eigenvalue weighted by atomic mass is 10.1. The van der Waals surface area contributed by atoms with Gasteiger partial charge in [-0.3, -0.25) is 4.79 Å². The number of thiol groups is 1. The molecule has 1 aliphatic rings. The molecule has 1 heterocycles. The Kier molecular flexibility index (Phi) is 4.18. The van der Waals surface area contributed by atoms with E-state index in [1.165, 1.54) is 12.2 Å². The predicted octanol–water partition coefficient (Wildman–Crippen LogP) is 2.60. The lowest BCUT2D eigenvalue weighted by Gasteiger charge is -2.22. The van der Waals surface area contributed by atoms with Gasteiger partial charge in [-0.05, 0) is 36.8 Å². The summed E-state index contributed by atoms with van der Waals surface area (Å²) in [7, 11) is 0. The lowest BCUT2D eigenvalue weighted by Crippen LogP contribution is -2.38. The summed E-state index contributed by atoms with van der Waals surface area (Å²) in [6.45, 7) is 0. The van der Waals surface area contributed by atoms with E-state index < -0.39 is 0 Å². The molecule has 1 aromatic rings. The smallest absolute Gasteiger partial charge is 0.251 e. The third-order valence-electron chi connectivity index (χ3n) is 2.60. The summed E-state index contributed by atoms with van der Waals surface area (Å²) < 4.78 is 0. The SMILES string of the molecule is O=C(NC1CCCSC1)c1cccc(S)c1. The number of carbonyl (C=O) groups is 1. The maximum atomic E-state index is 11.9. The zero-order chi connectivity index (χ0) is 11.4. The summed E-state index contributed by atoms with van der Waals surface area (Å²) in [5.74, 6) is 2.27. The van der Waals surface area contributed by atoms with Crippen molar-refractivity contribution in [2.75, 3.05) is 11.5 Å². The van der Waals surface area contributed by atoms with Crippen molar-refractivity contribution < 1.29 is 4.79 Å². The fraction of sp³-hybridized carbons (Fsp3) is 0.417. The monoisotopic (exact) mass is 253 g/mol. The summed E-state index contributed by atoms with van der Waals surface area (Å²) in [5, 5.41) is 3.07. The highest BCUT2D eigenvalue weighted by atomic mass is 32.2. The van der Waals surface area contributed by atoms with Crippen LogP contribution >= 0.6 is 24.4 Å². The standard InChI is InChI=1S/C12H15NOS2/c14-12(9-3-1-5-11(15)7-9)13-10-4-2-6-16-8-10/h1,3,5,7,10,15H,2,4,6,8H2,(H,13,14). The molecule has 86 valence electrons. The van der Waals surface area contributed by atoms with E-state index in [0.717, 1.165) is 17.1 Å². The number of hydrogen-bond acceptors (Lipinski definition) is 3. The second kappa shape index (κ2) is 5.64. The number of amides is 1. The molecule has 1 aliphatic heterocycles. The molecule has 1 fully saturated rings. The van der Waals surface area contributed by atoms with E-state index in [9.17, 15) is 4.79 Å². The van der Waals surface area contributed by atoms with Crippen molar-refractivity contribution in [2.24, 2.45) is 0 Å². The molecule has 1 aromatic carbocycles. The summed E-state index contributed by atoms with van der Waals surface area (Å²) in [6.07, 6.45) is 2.29. The normalized spacial score (nSPS) is 20.4. The average Bonchev–Trinajstić information content (AvgIpc) is 2.30. The molecule has 1 saturated heterocycles. The Morgan fingerprint density at radius 3 is 3.06 bits per heavy atom. The minimum Gasteiger partial charge on any atom is -0.348 e. The van der Waals surface area contributed by atoms with E-state index in [-0.39, 0.29) is 5.91 Å². The average molecular weight is 253 g/mol. The molecule has 0 aromatic heterocycles. The maximum absolute atomic E-state index is 11.9. The van der Waals surface area contributed by atoms with Crippen LogP contribution in [-0.4, -0.2) is 23.5 Å². The molecule has 0 saturated carbocycles. The van der Waals surface area contributed by atoms with Crippen LogP contribution in [0.25, 0.3) is 0 Å². The van der Waals surface area contributed by atoms with Gasteiger partial charge in [-0.1, -0.05) is 6.07 Å². The molecule has 0 bridgehead atoms. The number of hydrogen-bond donors (Lipinski definition) is 2. The van der Waals surface area contributed by atoms with Gasteiger partial charge in [0.1, 0.15) is 0 Å². The summed E-state index contributed by atoms with van der Waals surface area (Å²) in [5.41, 5.74) is 0.697. The zero-order valence-corrected chi connectivity index (χ0v) is 10.7. The van der Waals surface area contributed by atoms with Gasteiger partial charge in [0, 0.05) is 22.3 Å². The predicted molar refractivity (Wildman–Crippen MR) is 71.5 cm³/mol. The summed E-state index contributed by atoms with van der Waals surface area (Å²) >= 11 is 6.14. The van der Waals surface area contributed by atoms with Gasteiger partial charge in [-0.15, -0.1) is 12.6 Å². The number of rotatable bonds is 2. The Hall–Kier alpha value is -0.610. The molecule has 1 amide bonds. The van der Waals surface area contributed by atoms with E-state index in [2.05, 4.69) is 17.9 Å². The van der Waals surface area contributed by atoms with E-state index in [4.69, 9.17) is 0 Å². The van der Waals surface area contributed by atoms with Crippen LogP contribution in [0.15, 0.2) is 29.2 Å². The van der Waals surface area contributed by atoms with E-state index in [0.29, 0.717) is 11.6 Å². The van der Waals surface area contributed by atoms with E-state index in [1.807, 2.05) is 30.0 Å². The van der Waals surface area contributed by atoms with Crippen molar-refractivity contribution in [1.29, 1.82) is 0 Å². The van der Waals surface area contributed by atoms with Gasteiger partial charge in [0.15, 0.2) is 0 Å². The Bertz CT molecular complexity index is 375. The Morgan fingerprint density at radius 2 is 2.38 bits per heavy atom. The largest absolute Gasteiger partial charge is 0.348 e. The minimum absolute atomic E-state index is 0.0170. The molecule has 1 unspecified atom stereocenters. The molecular weight excluding hydrogens is 238 g/mol. The topological polar surface area (TPSA) is 29.1 Å². The fourth-order valence-electron chi connectivity index (χ4n) is 1.77. The maximum Gasteiger partial charge on any atom is 0.251 e. The number of benzene rings is 1. The molecule has 4 heteroatoms. The Morgan fingerprint density at radius 1 is 1.50 bits per heavy atom. The summed E-state index contributed by atoms with van der Waals surface area (Å²) in [6, 6.07) is 7.68. The molecule has 0 spiro atoms. The fourth-order valence-corrected chi connectivity index (χ4v) is 3.07. The van der Waals surface area contributed by atoms with E-state index in [1.54, 1.807) is 6.07 Å². The first-order valence-corrected chi connectivity index (χ1v) is 7.03. The molecule has 1 atom stereocenters. The van der Waals surface area contributed by atoms with Crippen molar-refractivity contribution in [1.82, 2.24) is 5.32 Å². The molecule has 1 N–H and O–H groups in total. The highest BCUT2D eigenvalue weighted by molar-refractivity contribution is 7.99. The van der Waals surface area contributed by atoms with Gasteiger partial charge in [0.25, 0.3) is 5.91 Å². The van der Waals surface area contributed by atoms with Gasteiger partial charge in [-0.25, -0.2) is 0 Å². The van der Waals surface area contributed by atoms with Crippen molar-refractivity contribution in [3.05, 3.63) is 29.8 Å². The Labute approximate surface area is 106 Å². The minimum atomic E-state index is 0.0170. The van der Waals surface area contributed by atoms with Crippen molar-refractivity contribution in [2.45, 2.75) is 23.8 Å². The number of thioether (sulfide) groups is 1. The van der Waals surface area contributed by atoms with Crippen LogP contribution in [-0.2, 0) is 0 Å². The van der Waals surface area contributed by atoms with Gasteiger partial charge in [-0.2, -0.15) is 11.8 Å². The van der Waals surface area contributed by atoms with Crippen LogP contribution in [0, 0.1) is 0 Å². The van der Waals surface area contributed by atoms with Crippen molar-refractivity contribution in [3.63, 3.8) is 0 Å².